The molecule has 0 bridgehead atoms. The van der Waals surface area contributed by atoms with Crippen molar-refractivity contribution in [3.63, 3.8) is 0 Å². The third-order valence-electron chi connectivity index (χ3n) is 3.95. The summed E-state index contributed by atoms with van der Waals surface area (Å²) in [5.41, 5.74) is 2.14. The Kier molecular flexibility index (Phi) is 8.60. The lowest BCUT2D eigenvalue weighted by Crippen LogP contribution is -2.38. The number of hydrogen-bond donors (Lipinski definition) is 1. The molecule has 0 aliphatic heterocycles. The maximum atomic E-state index is 5.70. The predicted molar refractivity (Wildman–Crippen MR) is 111 cm³/mol. The largest absolute Gasteiger partial charge is 0.475 e. The molecule has 27 heavy (non-hydrogen) atoms. The molecule has 0 fully saturated rings. The van der Waals surface area contributed by atoms with Crippen LogP contribution in [-0.2, 0) is 24.9 Å². The van der Waals surface area contributed by atoms with Crippen molar-refractivity contribution in [2.75, 3.05) is 33.9 Å². The summed E-state index contributed by atoms with van der Waals surface area (Å²) >= 11 is 3.52. The van der Waals surface area contributed by atoms with Crippen molar-refractivity contribution in [2.45, 2.75) is 20.0 Å². The van der Waals surface area contributed by atoms with E-state index in [9.17, 15) is 0 Å². The molecule has 0 saturated carbocycles. The fourth-order valence-corrected chi connectivity index (χ4v) is 3.14. The maximum absolute atomic E-state index is 5.70. The first-order valence-corrected chi connectivity index (χ1v) is 9.70. The van der Waals surface area contributed by atoms with Gasteiger partial charge in [0.2, 0.25) is 5.88 Å². The summed E-state index contributed by atoms with van der Waals surface area (Å²) in [6.07, 6.45) is 3.77. The van der Waals surface area contributed by atoms with E-state index in [-0.39, 0.29) is 0 Å². The number of halogens is 1. The van der Waals surface area contributed by atoms with E-state index in [4.69, 9.17) is 14.5 Å². The summed E-state index contributed by atoms with van der Waals surface area (Å²) in [6.45, 7) is 5.08. The van der Waals surface area contributed by atoms with E-state index in [2.05, 4.69) is 48.7 Å². The first-order valence-electron chi connectivity index (χ1n) is 8.91. The zero-order chi connectivity index (χ0) is 19.6. The molecule has 0 atom stereocenters. The summed E-state index contributed by atoms with van der Waals surface area (Å²) in [7, 11) is 5.72. The Labute approximate surface area is 169 Å². The molecule has 2 aromatic rings. The van der Waals surface area contributed by atoms with E-state index in [0.717, 1.165) is 29.1 Å². The second-order valence-electron chi connectivity index (χ2n) is 6.10. The summed E-state index contributed by atoms with van der Waals surface area (Å²) in [4.78, 5) is 11.2. The van der Waals surface area contributed by atoms with E-state index >= 15 is 0 Å². The molecule has 7 nitrogen and oxygen atoms in total. The quantitative estimate of drug-likeness (QED) is 0.371. The molecule has 0 amide bonds. The van der Waals surface area contributed by atoms with Crippen molar-refractivity contribution < 1.29 is 9.47 Å². The molecule has 0 aliphatic rings. The van der Waals surface area contributed by atoms with Gasteiger partial charge in [0.1, 0.15) is 6.61 Å². The Morgan fingerprint density at radius 3 is 2.89 bits per heavy atom. The minimum Gasteiger partial charge on any atom is -0.475 e. The number of nitrogens with zero attached hydrogens (tertiary/aromatic N) is 4. The molecule has 0 saturated heterocycles. The number of nitrogens with one attached hydrogen (secondary N) is 1. The van der Waals surface area contributed by atoms with Crippen LogP contribution in [0.4, 0.5) is 0 Å². The summed E-state index contributed by atoms with van der Waals surface area (Å²) in [6, 6.07) is 5.99. The number of ether oxygens (including phenoxy) is 2. The van der Waals surface area contributed by atoms with Crippen LogP contribution >= 0.6 is 15.9 Å². The van der Waals surface area contributed by atoms with Crippen molar-refractivity contribution in [3.8, 4) is 5.88 Å². The van der Waals surface area contributed by atoms with Crippen LogP contribution in [0.1, 0.15) is 18.2 Å². The number of guanidine groups is 1. The molecule has 0 radical (unpaired) electrons. The van der Waals surface area contributed by atoms with Crippen LogP contribution in [0.3, 0.4) is 0 Å². The van der Waals surface area contributed by atoms with Crippen molar-refractivity contribution >= 4 is 21.9 Å². The van der Waals surface area contributed by atoms with E-state index in [0.29, 0.717) is 25.6 Å². The zero-order valence-corrected chi connectivity index (χ0v) is 18.0. The Balaban J connectivity index is 2.09. The fraction of sp³-hybridized carbons (Fsp3) is 0.474. The van der Waals surface area contributed by atoms with Crippen molar-refractivity contribution in [2.24, 2.45) is 12.0 Å². The van der Waals surface area contributed by atoms with Gasteiger partial charge in [-0.05, 0) is 35.0 Å². The van der Waals surface area contributed by atoms with Crippen molar-refractivity contribution in [1.29, 1.82) is 0 Å². The number of aryl methyl sites for hydroxylation is 1. The van der Waals surface area contributed by atoms with Crippen molar-refractivity contribution in [3.05, 3.63) is 46.3 Å². The first kappa shape index (κ1) is 21.2. The van der Waals surface area contributed by atoms with Gasteiger partial charge in [0.15, 0.2) is 5.96 Å². The molecule has 2 aromatic heterocycles. The van der Waals surface area contributed by atoms with Gasteiger partial charge in [-0.15, -0.1) is 0 Å². The number of aliphatic imine (C=N–C) groups is 1. The molecule has 0 unspecified atom stereocenters. The smallest absolute Gasteiger partial charge is 0.218 e. The van der Waals surface area contributed by atoms with Gasteiger partial charge < -0.3 is 24.3 Å². The summed E-state index contributed by atoms with van der Waals surface area (Å²) in [5.74, 6) is 1.43. The average molecular weight is 438 g/mol. The molecule has 1 N–H and O–H groups in total. The second-order valence-corrected chi connectivity index (χ2v) is 7.01. The third kappa shape index (κ3) is 6.55. The fourth-order valence-electron chi connectivity index (χ4n) is 2.57. The number of hydrogen-bond acceptors (Lipinski definition) is 4. The highest BCUT2D eigenvalue weighted by molar-refractivity contribution is 9.10. The van der Waals surface area contributed by atoms with Gasteiger partial charge in [-0.3, -0.25) is 0 Å². The lowest BCUT2D eigenvalue weighted by Gasteiger charge is -2.22. The molecular weight excluding hydrogens is 410 g/mol. The zero-order valence-electron chi connectivity index (χ0n) is 16.4. The molecule has 0 spiro atoms. The maximum Gasteiger partial charge on any atom is 0.218 e. The van der Waals surface area contributed by atoms with E-state index in [1.807, 2.05) is 32.4 Å². The minimum absolute atomic E-state index is 0.465. The van der Waals surface area contributed by atoms with Gasteiger partial charge in [-0.2, -0.15) is 0 Å². The van der Waals surface area contributed by atoms with Gasteiger partial charge in [-0.1, -0.05) is 6.07 Å². The van der Waals surface area contributed by atoms with Crippen LogP contribution in [-0.4, -0.2) is 54.3 Å². The monoisotopic (exact) mass is 437 g/mol. The number of methoxy groups -OCH3 is 1. The SMILES string of the molecule is CCNC(=NCc1cccnc1OCCOC)N(C)Cc1cc(Br)cn1C. The van der Waals surface area contributed by atoms with Gasteiger partial charge in [0.25, 0.3) is 0 Å². The molecule has 148 valence electrons. The summed E-state index contributed by atoms with van der Waals surface area (Å²) in [5, 5.41) is 3.34. The first-order chi connectivity index (χ1) is 13.0. The van der Waals surface area contributed by atoms with Crippen LogP contribution in [0, 0.1) is 0 Å². The average Bonchev–Trinajstić information content (AvgIpc) is 2.96. The standard InChI is InChI=1S/C19H28BrN5O2/c1-5-21-19(25(3)14-17-11-16(20)13-24(17)2)23-12-15-7-6-8-22-18(15)27-10-9-26-4/h6-8,11,13H,5,9-10,12,14H2,1-4H3,(H,21,23). The van der Waals surface area contributed by atoms with Gasteiger partial charge in [-0.25, -0.2) is 9.98 Å². The number of pyridine rings is 1. The Morgan fingerprint density at radius 2 is 2.22 bits per heavy atom. The molecule has 8 heteroatoms. The third-order valence-corrected chi connectivity index (χ3v) is 4.38. The Morgan fingerprint density at radius 1 is 1.41 bits per heavy atom. The lowest BCUT2D eigenvalue weighted by molar-refractivity contribution is 0.143. The molecule has 2 heterocycles. The molecular formula is C19H28BrN5O2. The second kappa shape index (κ2) is 10.9. The topological polar surface area (TPSA) is 63.9 Å². The number of aromatic nitrogens is 2. The normalized spacial score (nSPS) is 11.5. The lowest BCUT2D eigenvalue weighted by atomic mass is 10.3. The van der Waals surface area contributed by atoms with Gasteiger partial charge >= 0.3 is 0 Å². The van der Waals surface area contributed by atoms with Gasteiger partial charge in [0.05, 0.1) is 19.7 Å². The molecule has 0 aliphatic carbocycles. The Bertz CT molecular complexity index is 747. The van der Waals surface area contributed by atoms with Crippen LogP contribution in [0.15, 0.2) is 40.1 Å². The highest BCUT2D eigenvalue weighted by Crippen LogP contribution is 2.17. The van der Waals surface area contributed by atoms with Crippen LogP contribution < -0.4 is 10.1 Å². The van der Waals surface area contributed by atoms with E-state index in [1.165, 1.54) is 5.69 Å². The van der Waals surface area contributed by atoms with Crippen LogP contribution in [0.5, 0.6) is 5.88 Å². The molecule has 0 aromatic carbocycles. The van der Waals surface area contributed by atoms with Gasteiger partial charge in [0, 0.05) is 55.9 Å². The van der Waals surface area contributed by atoms with Crippen molar-refractivity contribution in [1.82, 2.24) is 19.8 Å². The highest BCUT2D eigenvalue weighted by atomic mass is 79.9. The minimum atomic E-state index is 0.465. The van der Waals surface area contributed by atoms with Crippen LogP contribution in [0.2, 0.25) is 0 Å². The highest BCUT2D eigenvalue weighted by Gasteiger charge is 2.11. The molecule has 2 rings (SSSR count). The Hall–Kier alpha value is -2.06. The number of rotatable bonds is 9. The summed E-state index contributed by atoms with van der Waals surface area (Å²) < 4.78 is 13.9. The van der Waals surface area contributed by atoms with E-state index < -0.39 is 0 Å². The predicted octanol–water partition coefficient (Wildman–Crippen LogP) is 2.81. The van der Waals surface area contributed by atoms with E-state index in [1.54, 1.807) is 13.3 Å². The van der Waals surface area contributed by atoms with Crippen LogP contribution in [0.25, 0.3) is 0 Å².